The number of nitrogens with one attached hydrogen (secondary N) is 2. The minimum absolute atomic E-state index is 0.0766. The van der Waals surface area contributed by atoms with Gasteiger partial charge in [0, 0.05) is 19.6 Å². The van der Waals surface area contributed by atoms with Gasteiger partial charge in [-0.2, -0.15) is 0 Å². The highest BCUT2D eigenvalue weighted by Crippen LogP contribution is 1.78. The summed E-state index contributed by atoms with van der Waals surface area (Å²) < 4.78 is 5.26. The van der Waals surface area contributed by atoms with E-state index in [0.29, 0.717) is 19.8 Å². The second-order valence-electron chi connectivity index (χ2n) is 3.74. The molecule has 0 aliphatic rings. The number of hydrogen-bond donors (Lipinski definition) is 3. The van der Waals surface area contributed by atoms with Crippen molar-refractivity contribution in [3.63, 3.8) is 0 Å². The third-order valence-electron chi connectivity index (χ3n) is 1.84. The standard InChI is InChI=1S/C10H21N3O4/c1-13(2)6-8-17-7-5-12-10(16)11-4-3-9(14)15/h3-8H2,1-2H3,(H,14,15)(H2,11,12,16). The first kappa shape index (κ1) is 15.7. The molecule has 0 radical (unpaired) electrons. The van der Waals surface area contributed by atoms with Crippen molar-refractivity contribution in [1.29, 1.82) is 0 Å². The van der Waals surface area contributed by atoms with Crippen LogP contribution in [-0.4, -0.2) is 69.0 Å². The molecular formula is C10H21N3O4. The van der Waals surface area contributed by atoms with Crippen LogP contribution in [0.1, 0.15) is 6.42 Å². The first-order valence-corrected chi connectivity index (χ1v) is 5.48. The second-order valence-corrected chi connectivity index (χ2v) is 3.74. The van der Waals surface area contributed by atoms with E-state index < -0.39 is 5.97 Å². The smallest absolute Gasteiger partial charge is 0.314 e. The number of urea groups is 1. The maximum Gasteiger partial charge on any atom is 0.314 e. The Morgan fingerprint density at radius 2 is 1.82 bits per heavy atom. The van der Waals surface area contributed by atoms with E-state index in [4.69, 9.17) is 9.84 Å². The van der Waals surface area contributed by atoms with Gasteiger partial charge >= 0.3 is 12.0 Å². The van der Waals surface area contributed by atoms with Crippen LogP contribution in [0.15, 0.2) is 0 Å². The summed E-state index contributed by atoms with van der Waals surface area (Å²) >= 11 is 0. The van der Waals surface area contributed by atoms with Crippen LogP contribution in [-0.2, 0) is 9.53 Å². The van der Waals surface area contributed by atoms with Crippen molar-refractivity contribution < 1.29 is 19.4 Å². The zero-order chi connectivity index (χ0) is 13.1. The van der Waals surface area contributed by atoms with Gasteiger partial charge in [0.25, 0.3) is 0 Å². The molecule has 7 nitrogen and oxygen atoms in total. The van der Waals surface area contributed by atoms with Crippen molar-refractivity contribution in [1.82, 2.24) is 15.5 Å². The summed E-state index contributed by atoms with van der Waals surface area (Å²) in [5.74, 6) is -0.933. The van der Waals surface area contributed by atoms with E-state index in [1.807, 2.05) is 19.0 Å². The molecule has 0 spiro atoms. The van der Waals surface area contributed by atoms with E-state index in [-0.39, 0.29) is 19.0 Å². The van der Waals surface area contributed by atoms with Crippen LogP contribution < -0.4 is 10.6 Å². The molecule has 0 rings (SSSR count). The maximum absolute atomic E-state index is 11.1. The molecule has 0 heterocycles. The Balaban J connectivity index is 3.25. The molecule has 0 fully saturated rings. The normalized spacial score (nSPS) is 10.3. The van der Waals surface area contributed by atoms with Gasteiger partial charge in [-0.15, -0.1) is 0 Å². The molecule has 100 valence electrons. The molecule has 0 saturated carbocycles. The van der Waals surface area contributed by atoms with Crippen molar-refractivity contribution >= 4 is 12.0 Å². The molecule has 0 aromatic rings. The van der Waals surface area contributed by atoms with Gasteiger partial charge in [-0.25, -0.2) is 4.79 Å². The van der Waals surface area contributed by atoms with Crippen LogP contribution in [0.2, 0.25) is 0 Å². The lowest BCUT2D eigenvalue weighted by molar-refractivity contribution is -0.136. The molecule has 0 saturated heterocycles. The van der Waals surface area contributed by atoms with Gasteiger partial charge in [-0.1, -0.05) is 0 Å². The molecule has 0 aliphatic heterocycles. The van der Waals surface area contributed by atoms with Crippen LogP contribution >= 0.6 is 0 Å². The van der Waals surface area contributed by atoms with E-state index in [2.05, 4.69) is 10.6 Å². The van der Waals surface area contributed by atoms with Crippen molar-refractivity contribution in [2.24, 2.45) is 0 Å². The Hall–Kier alpha value is -1.34. The van der Waals surface area contributed by atoms with Gasteiger partial charge in [0.1, 0.15) is 0 Å². The van der Waals surface area contributed by atoms with E-state index in [1.165, 1.54) is 0 Å². The van der Waals surface area contributed by atoms with Crippen LogP contribution in [0.25, 0.3) is 0 Å². The number of amides is 2. The molecule has 0 aliphatic carbocycles. The molecule has 7 heteroatoms. The quantitative estimate of drug-likeness (QED) is 0.470. The number of carboxylic acid groups (broad SMARTS) is 1. The number of hydrogen-bond acceptors (Lipinski definition) is 4. The molecule has 0 aromatic carbocycles. The molecule has 0 aromatic heterocycles. The molecular weight excluding hydrogens is 226 g/mol. The number of nitrogens with zero attached hydrogens (tertiary/aromatic N) is 1. The molecule has 0 unspecified atom stereocenters. The molecule has 0 atom stereocenters. The monoisotopic (exact) mass is 247 g/mol. The van der Waals surface area contributed by atoms with E-state index in [1.54, 1.807) is 0 Å². The number of carboxylic acids is 1. The summed E-state index contributed by atoms with van der Waals surface area (Å²) in [5.41, 5.74) is 0. The van der Waals surface area contributed by atoms with Crippen LogP contribution in [0.5, 0.6) is 0 Å². The van der Waals surface area contributed by atoms with Crippen molar-refractivity contribution in [3.8, 4) is 0 Å². The van der Waals surface area contributed by atoms with Crippen LogP contribution in [0.3, 0.4) is 0 Å². The highest BCUT2D eigenvalue weighted by molar-refractivity contribution is 5.74. The SMILES string of the molecule is CN(C)CCOCCNC(=O)NCCC(=O)O. The molecule has 17 heavy (non-hydrogen) atoms. The predicted octanol–water partition coefficient (Wildman–Crippen LogP) is -0.661. The zero-order valence-corrected chi connectivity index (χ0v) is 10.4. The van der Waals surface area contributed by atoms with Gasteiger partial charge in [0.05, 0.1) is 19.6 Å². The average molecular weight is 247 g/mol. The Labute approximate surface area is 101 Å². The van der Waals surface area contributed by atoms with Gasteiger partial charge < -0.3 is 25.4 Å². The summed E-state index contributed by atoms with van der Waals surface area (Å²) in [6.45, 7) is 2.44. The predicted molar refractivity (Wildman–Crippen MR) is 63.0 cm³/mol. The lowest BCUT2D eigenvalue weighted by Crippen LogP contribution is -2.38. The lowest BCUT2D eigenvalue weighted by Gasteiger charge is -2.10. The Bertz CT molecular complexity index is 234. The summed E-state index contributed by atoms with van der Waals surface area (Å²) in [6.07, 6.45) is -0.0766. The summed E-state index contributed by atoms with van der Waals surface area (Å²) in [6, 6.07) is -0.373. The number of aliphatic carboxylic acids is 1. The Morgan fingerprint density at radius 1 is 1.18 bits per heavy atom. The number of carbonyl (C=O) groups is 2. The topological polar surface area (TPSA) is 90.9 Å². The van der Waals surface area contributed by atoms with Crippen molar-refractivity contribution in [3.05, 3.63) is 0 Å². The Kier molecular flexibility index (Phi) is 9.08. The van der Waals surface area contributed by atoms with Crippen LogP contribution in [0.4, 0.5) is 4.79 Å². The summed E-state index contributed by atoms with van der Waals surface area (Å²) in [4.78, 5) is 23.3. The van der Waals surface area contributed by atoms with Gasteiger partial charge in [-0.3, -0.25) is 4.79 Å². The third-order valence-corrected chi connectivity index (χ3v) is 1.84. The van der Waals surface area contributed by atoms with E-state index >= 15 is 0 Å². The lowest BCUT2D eigenvalue weighted by atomic mass is 10.4. The molecule has 3 N–H and O–H groups in total. The number of ether oxygens (including phenoxy) is 1. The Morgan fingerprint density at radius 3 is 2.41 bits per heavy atom. The average Bonchev–Trinajstić information content (AvgIpc) is 2.22. The van der Waals surface area contributed by atoms with E-state index in [0.717, 1.165) is 6.54 Å². The maximum atomic E-state index is 11.1. The van der Waals surface area contributed by atoms with Gasteiger partial charge in [0.2, 0.25) is 0 Å². The fourth-order valence-corrected chi connectivity index (χ4v) is 0.931. The third kappa shape index (κ3) is 12.6. The second kappa shape index (κ2) is 9.86. The number of likely N-dealkylation sites (N-methyl/N-ethyl adjacent to an activating group) is 1. The first-order chi connectivity index (χ1) is 8.02. The highest BCUT2D eigenvalue weighted by atomic mass is 16.5. The first-order valence-electron chi connectivity index (χ1n) is 5.48. The summed E-state index contributed by atoms with van der Waals surface area (Å²) in [7, 11) is 3.91. The van der Waals surface area contributed by atoms with Gasteiger partial charge in [-0.05, 0) is 14.1 Å². The summed E-state index contributed by atoms with van der Waals surface area (Å²) in [5, 5.41) is 13.3. The fourth-order valence-electron chi connectivity index (χ4n) is 0.931. The largest absolute Gasteiger partial charge is 0.481 e. The molecule has 2 amide bonds. The molecule has 0 bridgehead atoms. The van der Waals surface area contributed by atoms with E-state index in [9.17, 15) is 9.59 Å². The fraction of sp³-hybridized carbons (Fsp3) is 0.800. The minimum atomic E-state index is -0.933. The van der Waals surface area contributed by atoms with Gasteiger partial charge in [0.15, 0.2) is 0 Å². The zero-order valence-electron chi connectivity index (χ0n) is 10.4. The highest BCUT2D eigenvalue weighted by Gasteiger charge is 2.01. The number of rotatable bonds is 9. The van der Waals surface area contributed by atoms with Crippen molar-refractivity contribution in [2.75, 3.05) is 46.9 Å². The number of carbonyl (C=O) groups excluding carboxylic acids is 1. The van der Waals surface area contributed by atoms with Crippen LogP contribution in [0, 0.1) is 0 Å². The van der Waals surface area contributed by atoms with Crippen molar-refractivity contribution in [2.45, 2.75) is 6.42 Å². The minimum Gasteiger partial charge on any atom is -0.481 e.